The highest BCUT2D eigenvalue weighted by atomic mass is 35.5. The number of amides is 1. The number of pyridine rings is 1. The molecule has 0 aliphatic heterocycles. The third-order valence-corrected chi connectivity index (χ3v) is 6.34. The summed E-state index contributed by atoms with van der Waals surface area (Å²) in [6, 6.07) is 15.3. The summed E-state index contributed by atoms with van der Waals surface area (Å²) in [5, 5.41) is 19.0. The van der Waals surface area contributed by atoms with Gasteiger partial charge in [-0.3, -0.25) is 15.2 Å². The fraction of sp³-hybridized carbons (Fsp3) is 0.269. The Hall–Kier alpha value is -3.40. The number of aromatic nitrogens is 3. The van der Waals surface area contributed by atoms with Crippen molar-refractivity contribution in [1.29, 1.82) is 5.41 Å². The maximum Gasteiger partial charge on any atom is 0.293 e. The molecule has 202 valence electrons. The van der Waals surface area contributed by atoms with Crippen molar-refractivity contribution in [3.05, 3.63) is 66.1 Å². The molecule has 38 heavy (non-hydrogen) atoms. The number of rotatable bonds is 5. The van der Waals surface area contributed by atoms with Crippen LogP contribution in [0.15, 0.2) is 54.7 Å². The lowest BCUT2D eigenvalue weighted by Crippen LogP contribution is -2.50. The van der Waals surface area contributed by atoms with Gasteiger partial charge in [0.1, 0.15) is 5.82 Å². The Morgan fingerprint density at radius 2 is 1.71 bits per heavy atom. The summed E-state index contributed by atoms with van der Waals surface area (Å²) in [5.74, 6) is 0.259. The van der Waals surface area contributed by atoms with Gasteiger partial charge in [0.2, 0.25) is 5.82 Å². The van der Waals surface area contributed by atoms with Crippen molar-refractivity contribution >= 4 is 82.4 Å². The zero-order chi connectivity index (χ0) is 24.4. The van der Waals surface area contributed by atoms with E-state index in [2.05, 4.69) is 30.9 Å². The van der Waals surface area contributed by atoms with Crippen molar-refractivity contribution in [3.63, 3.8) is 0 Å². The number of halogens is 3. The van der Waals surface area contributed by atoms with Crippen LogP contribution in [0.5, 0.6) is 0 Å². The quantitative estimate of drug-likeness (QED) is 0.162. The molecule has 0 saturated heterocycles. The summed E-state index contributed by atoms with van der Waals surface area (Å²) in [7, 11) is 0. The number of hydrogen-bond donors (Lipinski definition) is 5. The summed E-state index contributed by atoms with van der Waals surface area (Å²) < 4.78 is 0. The molecule has 6 N–H and O–H groups in total. The van der Waals surface area contributed by atoms with Crippen LogP contribution in [0.3, 0.4) is 0 Å². The van der Waals surface area contributed by atoms with E-state index in [1.54, 1.807) is 6.20 Å². The first-order valence-electron chi connectivity index (χ1n) is 11.8. The number of nitrogens with two attached hydrogens (primary N) is 1. The highest BCUT2D eigenvalue weighted by Crippen LogP contribution is 2.27. The minimum atomic E-state index is -0.388. The Morgan fingerprint density at radius 1 is 0.974 bits per heavy atom. The van der Waals surface area contributed by atoms with Crippen LogP contribution in [-0.2, 0) is 0 Å². The molecule has 9 nitrogen and oxygen atoms in total. The van der Waals surface area contributed by atoms with Crippen LogP contribution in [0.4, 0.5) is 11.5 Å². The van der Waals surface area contributed by atoms with Crippen LogP contribution < -0.4 is 21.7 Å². The Kier molecular flexibility index (Phi) is 10.9. The van der Waals surface area contributed by atoms with Crippen molar-refractivity contribution in [2.45, 2.75) is 44.7 Å². The van der Waals surface area contributed by atoms with E-state index in [1.165, 1.54) is 0 Å². The number of fused-ring (bicyclic) bond motifs is 2. The second kappa shape index (κ2) is 13.4. The Morgan fingerprint density at radius 3 is 2.47 bits per heavy atom. The number of anilines is 2. The maximum atomic E-state index is 13.2. The normalized spacial score (nSPS) is 16.3. The fourth-order valence-corrected chi connectivity index (χ4v) is 4.65. The molecule has 0 spiro atoms. The number of hydrogen-bond acceptors (Lipinski definition) is 6. The molecule has 5 rings (SSSR count). The predicted molar refractivity (Wildman–Crippen MR) is 160 cm³/mol. The lowest BCUT2D eigenvalue weighted by Gasteiger charge is -2.33. The molecule has 2 aromatic heterocycles. The van der Waals surface area contributed by atoms with Crippen molar-refractivity contribution in [3.8, 4) is 0 Å². The molecule has 2 atom stereocenters. The molecule has 2 aromatic carbocycles. The van der Waals surface area contributed by atoms with Crippen molar-refractivity contribution in [2.75, 3.05) is 10.6 Å². The van der Waals surface area contributed by atoms with Crippen molar-refractivity contribution < 1.29 is 4.79 Å². The largest absolute Gasteiger partial charge is 0.370 e. The van der Waals surface area contributed by atoms with Gasteiger partial charge in [-0.15, -0.1) is 37.2 Å². The monoisotopic (exact) mass is 576 g/mol. The highest BCUT2D eigenvalue weighted by molar-refractivity contribution is 6.04. The first-order valence-corrected chi connectivity index (χ1v) is 11.8. The number of nitrogens with zero attached hydrogens (tertiary/aromatic N) is 3. The van der Waals surface area contributed by atoms with Gasteiger partial charge in [0, 0.05) is 34.7 Å². The van der Waals surface area contributed by atoms with Crippen molar-refractivity contribution in [2.24, 2.45) is 5.73 Å². The SMILES string of the molecule is Cc1ccc2nc(C(=O)Nc3ccc4ncccc4c3)nc(N[C@H]3CCCC[C@H]3NC(=N)N)c2c1.Cl.Cl.Cl. The summed E-state index contributed by atoms with van der Waals surface area (Å²) in [5.41, 5.74) is 8.89. The first kappa shape index (κ1) is 30.8. The van der Waals surface area contributed by atoms with Gasteiger partial charge >= 0.3 is 0 Å². The van der Waals surface area contributed by atoms with E-state index in [0.29, 0.717) is 17.0 Å². The summed E-state index contributed by atoms with van der Waals surface area (Å²) in [6.45, 7) is 2.01. The van der Waals surface area contributed by atoms with Gasteiger partial charge in [-0.25, -0.2) is 9.97 Å². The molecule has 0 bridgehead atoms. The summed E-state index contributed by atoms with van der Waals surface area (Å²) in [4.78, 5) is 26.7. The Bertz CT molecular complexity index is 1430. The number of nitrogens with one attached hydrogen (secondary N) is 4. The zero-order valence-corrected chi connectivity index (χ0v) is 23.2. The molecule has 1 fully saturated rings. The smallest absolute Gasteiger partial charge is 0.293 e. The lowest BCUT2D eigenvalue weighted by atomic mass is 9.90. The van der Waals surface area contributed by atoms with E-state index in [4.69, 9.17) is 11.1 Å². The van der Waals surface area contributed by atoms with Crippen LogP contribution in [0.1, 0.15) is 41.9 Å². The minimum Gasteiger partial charge on any atom is -0.370 e. The Labute approximate surface area is 239 Å². The first-order chi connectivity index (χ1) is 17.0. The molecule has 1 amide bonds. The molecule has 1 aliphatic rings. The molecule has 4 aromatic rings. The maximum absolute atomic E-state index is 13.2. The van der Waals surface area contributed by atoms with E-state index in [9.17, 15) is 4.79 Å². The second-order valence-electron chi connectivity index (χ2n) is 8.98. The van der Waals surface area contributed by atoms with Gasteiger partial charge in [-0.1, -0.05) is 30.5 Å². The molecule has 2 heterocycles. The average Bonchev–Trinajstić information content (AvgIpc) is 2.85. The van der Waals surface area contributed by atoms with Gasteiger partial charge in [0.05, 0.1) is 11.0 Å². The Balaban J connectivity index is 0.00000169. The van der Waals surface area contributed by atoms with E-state index in [0.717, 1.165) is 47.5 Å². The van der Waals surface area contributed by atoms with Gasteiger partial charge in [-0.05, 0) is 56.2 Å². The van der Waals surface area contributed by atoms with Crippen LogP contribution in [0.2, 0.25) is 0 Å². The van der Waals surface area contributed by atoms with Crippen LogP contribution in [0, 0.1) is 12.3 Å². The second-order valence-corrected chi connectivity index (χ2v) is 8.98. The molecule has 0 unspecified atom stereocenters. The van der Waals surface area contributed by atoms with Crippen LogP contribution in [0.25, 0.3) is 21.8 Å². The number of carbonyl (C=O) groups is 1. The van der Waals surface area contributed by atoms with E-state index < -0.39 is 0 Å². The molecule has 0 radical (unpaired) electrons. The van der Waals surface area contributed by atoms with Crippen LogP contribution in [-0.4, -0.2) is 38.9 Å². The average molecular weight is 578 g/mol. The number of benzene rings is 2. The predicted octanol–water partition coefficient (Wildman–Crippen LogP) is 5.21. The van der Waals surface area contributed by atoms with Gasteiger partial charge in [0.25, 0.3) is 5.91 Å². The molecule has 12 heteroatoms. The van der Waals surface area contributed by atoms with Crippen LogP contribution >= 0.6 is 37.2 Å². The van der Waals surface area contributed by atoms with E-state index >= 15 is 0 Å². The van der Waals surface area contributed by atoms with E-state index in [-0.39, 0.29) is 67.0 Å². The summed E-state index contributed by atoms with van der Waals surface area (Å²) >= 11 is 0. The van der Waals surface area contributed by atoms with Crippen molar-refractivity contribution in [1.82, 2.24) is 20.3 Å². The third-order valence-electron chi connectivity index (χ3n) is 6.34. The minimum absolute atomic E-state index is 0. The molecule has 1 saturated carbocycles. The standard InChI is InChI=1S/C26H28N8O.3ClH/c1-15-8-10-20-18(13-15)23(32-21-6-2-3-7-22(21)33-26(27)28)34-24(31-20)25(35)30-17-9-11-19-16(14-17)5-4-12-29-19;;;/h4-5,8-14,21-22H,2-3,6-7H2,1H3,(H,30,35)(H4,27,28,33)(H,31,32,34);3*1H/t21-,22+;;;/m0.../s1. The molecule has 1 aliphatic carbocycles. The van der Waals surface area contributed by atoms with Gasteiger partial charge < -0.3 is 21.7 Å². The van der Waals surface area contributed by atoms with Gasteiger partial charge in [-0.2, -0.15) is 0 Å². The topological polar surface area (TPSA) is 142 Å². The molecular formula is C26H31Cl3N8O. The third kappa shape index (κ3) is 6.92. The van der Waals surface area contributed by atoms with Gasteiger partial charge in [0.15, 0.2) is 5.96 Å². The molecular weight excluding hydrogens is 547 g/mol. The summed E-state index contributed by atoms with van der Waals surface area (Å²) in [6.07, 6.45) is 5.70. The lowest BCUT2D eigenvalue weighted by molar-refractivity contribution is 0.101. The fourth-order valence-electron chi connectivity index (χ4n) is 4.65. The van der Waals surface area contributed by atoms with E-state index in [1.807, 2.05) is 55.5 Å². The number of guanidine groups is 1. The highest BCUT2D eigenvalue weighted by Gasteiger charge is 2.27. The number of carbonyl (C=O) groups excluding carboxylic acids is 1. The number of aryl methyl sites for hydroxylation is 1. The zero-order valence-electron chi connectivity index (χ0n) is 20.7.